The van der Waals surface area contributed by atoms with Gasteiger partial charge in [0.25, 0.3) is 5.56 Å². The maximum atomic E-state index is 13.0. The van der Waals surface area contributed by atoms with Gasteiger partial charge in [-0.05, 0) is 37.6 Å². The highest BCUT2D eigenvalue weighted by atomic mass is 32.2. The van der Waals surface area contributed by atoms with E-state index < -0.39 is 0 Å². The maximum Gasteiger partial charge on any atom is 0.262 e. The van der Waals surface area contributed by atoms with Crippen LogP contribution in [0.4, 0.5) is 0 Å². The minimum absolute atomic E-state index is 0.00532. The highest BCUT2D eigenvalue weighted by Crippen LogP contribution is 2.34. The molecule has 2 aromatic heterocycles. The first-order valence-corrected chi connectivity index (χ1v) is 10.6. The van der Waals surface area contributed by atoms with Crippen molar-refractivity contribution in [3.63, 3.8) is 0 Å². The molecule has 0 aliphatic rings. The molecular weight excluding hydrogens is 384 g/mol. The van der Waals surface area contributed by atoms with Crippen LogP contribution in [0.25, 0.3) is 22.4 Å². The molecule has 0 aliphatic heterocycles. The number of hydrogen-bond acceptors (Lipinski definition) is 6. The molecule has 4 aromatic rings. The van der Waals surface area contributed by atoms with Crippen molar-refractivity contribution < 1.29 is 4.42 Å². The van der Waals surface area contributed by atoms with Crippen LogP contribution in [-0.4, -0.2) is 19.7 Å². The highest BCUT2D eigenvalue weighted by Gasteiger charge is 2.20. The van der Waals surface area contributed by atoms with E-state index in [0.717, 1.165) is 18.4 Å². The molecule has 6 nitrogen and oxygen atoms in total. The number of nitrogens with zero attached hydrogens (tertiary/aromatic N) is 4. The number of unbranched alkanes of at least 4 members (excludes halogenated alkanes) is 1. The predicted octanol–water partition coefficient (Wildman–Crippen LogP) is 5.10. The van der Waals surface area contributed by atoms with Crippen LogP contribution in [0.2, 0.25) is 0 Å². The highest BCUT2D eigenvalue weighted by molar-refractivity contribution is 7.99. The van der Waals surface area contributed by atoms with E-state index in [9.17, 15) is 4.79 Å². The minimum atomic E-state index is -0.138. The van der Waals surface area contributed by atoms with Crippen molar-refractivity contribution in [1.29, 1.82) is 0 Å². The number of benzene rings is 2. The van der Waals surface area contributed by atoms with Gasteiger partial charge in [-0.25, -0.2) is 4.98 Å². The first kappa shape index (κ1) is 19.4. The molecule has 148 valence electrons. The molecule has 0 bridgehead atoms. The number of rotatable bonds is 7. The molecule has 0 radical (unpaired) electrons. The van der Waals surface area contributed by atoms with Crippen LogP contribution >= 0.6 is 11.8 Å². The number of para-hydroxylation sites is 1. The number of hydrogen-bond donors (Lipinski definition) is 0. The molecule has 0 saturated heterocycles. The van der Waals surface area contributed by atoms with Crippen LogP contribution in [0, 0.1) is 0 Å². The second-order valence-electron chi connectivity index (χ2n) is 6.79. The van der Waals surface area contributed by atoms with E-state index in [-0.39, 0.29) is 10.8 Å². The topological polar surface area (TPSA) is 73.8 Å². The fourth-order valence-electron chi connectivity index (χ4n) is 3.06. The summed E-state index contributed by atoms with van der Waals surface area (Å²) in [5.74, 6) is 1.00. The molecule has 7 heteroatoms. The van der Waals surface area contributed by atoms with Gasteiger partial charge < -0.3 is 4.42 Å². The summed E-state index contributed by atoms with van der Waals surface area (Å²) in [4.78, 5) is 17.8. The zero-order valence-corrected chi connectivity index (χ0v) is 17.2. The molecule has 0 aliphatic carbocycles. The van der Waals surface area contributed by atoms with Crippen LogP contribution in [0.15, 0.2) is 69.0 Å². The van der Waals surface area contributed by atoms with Crippen molar-refractivity contribution in [3.05, 3.63) is 70.8 Å². The number of thioether (sulfide) groups is 1. The lowest BCUT2D eigenvalue weighted by molar-refractivity contribution is 0.507. The van der Waals surface area contributed by atoms with Gasteiger partial charge in [0.1, 0.15) is 0 Å². The Morgan fingerprint density at radius 2 is 1.83 bits per heavy atom. The molecule has 0 saturated carbocycles. The van der Waals surface area contributed by atoms with E-state index in [1.165, 1.54) is 11.8 Å². The van der Waals surface area contributed by atoms with E-state index in [1.54, 1.807) is 4.57 Å². The Morgan fingerprint density at radius 3 is 2.62 bits per heavy atom. The molecular formula is C22H22N4O2S. The van der Waals surface area contributed by atoms with E-state index in [2.05, 4.69) is 17.1 Å². The summed E-state index contributed by atoms with van der Waals surface area (Å²) in [6, 6.07) is 17.1. The largest absolute Gasteiger partial charge is 0.419 e. The Labute approximate surface area is 173 Å². The molecule has 0 N–H and O–H groups in total. The van der Waals surface area contributed by atoms with Gasteiger partial charge in [0, 0.05) is 12.1 Å². The van der Waals surface area contributed by atoms with Gasteiger partial charge in [-0.3, -0.25) is 9.36 Å². The molecule has 0 unspecified atom stereocenters. The normalized spacial score (nSPS) is 12.3. The first-order valence-electron chi connectivity index (χ1n) is 9.72. The summed E-state index contributed by atoms with van der Waals surface area (Å²) in [5.41, 5.74) is 1.58. The zero-order valence-electron chi connectivity index (χ0n) is 16.4. The van der Waals surface area contributed by atoms with Gasteiger partial charge in [0.15, 0.2) is 5.16 Å². The third kappa shape index (κ3) is 4.10. The van der Waals surface area contributed by atoms with Crippen LogP contribution in [-0.2, 0) is 6.54 Å². The monoisotopic (exact) mass is 406 g/mol. The van der Waals surface area contributed by atoms with E-state index in [4.69, 9.17) is 9.40 Å². The molecule has 0 amide bonds. The van der Waals surface area contributed by atoms with Crippen molar-refractivity contribution in [3.8, 4) is 11.5 Å². The summed E-state index contributed by atoms with van der Waals surface area (Å²) in [6.07, 6.45) is 1.92. The lowest BCUT2D eigenvalue weighted by atomic mass is 10.2. The third-order valence-corrected chi connectivity index (χ3v) is 5.73. The van der Waals surface area contributed by atoms with Crippen molar-refractivity contribution in [1.82, 2.24) is 19.7 Å². The van der Waals surface area contributed by atoms with Gasteiger partial charge in [-0.15, -0.1) is 10.2 Å². The quantitative estimate of drug-likeness (QED) is 0.314. The van der Waals surface area contributed by atoms with Crippen LogP contribution in [0.1, 0.15) is 37.8 Å². The van der Waals surface area contributed by atoms with Crippen LogP contribution < -0.4 is 5.56 Å². The van der Waals surface area contributed by atoms with Gasteiger partial charge in [-0.1, -0.05) is 55.4 Å². The van der Waals surface area contributed by atoms with Gasteiger partial charge >= 0.3 is 0 Å². The fourth-order valence-corrected chi connectivity index (χ4v) is 4.02. The molecule has 0 fully saturated rings. The lowest BCUT2D eigenvalue weighted by Gasteiger charge is -2.14. The molecule has 1 atom stereocenters. The van der Waals surface area contributed by atoms with Gasteiger partial charge in [0.2, 0.25) is 11.8 Å². The molecule has 2 heterocycles. The first-order chi connectivity index (χ1) is 14.2. The molecule has 0 spiro atoms. The van der Waals surface area contributed by atoms with Crippen molar-refractivity contribution in [2.75, 3.05) is 0 Å². The Hall–Kier alpha value is -2.93. The molecule has 4 rings (SSSR count). The van der Waals surface area contributed by atoms with E-state index in [0.29, 0.717) is 34.4 Å². The summed E-state index contributed by atoms with van der Waals surface area (Å²) in [7, 11) is 0. The summed E-state index contributed by atoms with van der Waals surface area (Å²) >= 11 is 1.47. The van der Waals surface area contributed by atoms with Gasteiger partial charge in [0.05, 0.1) is 16.2 Å². The lowest BCUT2D eigenvalue weighted by Crippen LogP contribution is -2.23. The Kier molecular flexibility index (Phi) is 5.76. The van der Waals surface area contributed by atoms with Crippen LogP contribution in [0.3, 0.4) is 0 Å². The standard InChI is InChI=1S/C22H22N4O2S/c1-3-4-14-26-21(27)17-12-8-9-13-18(17)23-22(26)29-15(2)19-24-25-20(28-19)16-10-6-5-7-11-16/h5-13,15H,3-4,14H2,1-2H3/t15-/m1/s1. The average Bonchev–Trinajstić information content (AvgIpc) is 3.25. The SMILES string of the molecule is CCCCn1c(S[C@H](C)c2nnc(-c3ccccc3)o2)nc2ccccc2c1=O. The van der Waals surface area contributed by atoms with Crippen molar-refractivity contribution >= 4 is 22.7 Å². The van der Waals surface area contributed by atoms with Crippen molar-refractivity contribution in [2.45, 2.75) is 43.6 Å². The fraction of sp³-hybridized carbons (Fsp3) is 0.273. The summed E-state index contributed by atoms with van der Waals surface area (Å²) < 4.78 is 7.65. The Morgan fingerprint density at radius 1 is 1.07 bits per heavy atom. The predicted molar refractivity (Wildman–Crippen MR) is 115 cm³/mol. The van der Waals surface area contributed by atoms with Gasteiger partial charge in [-0.2, -0.15) is 0 Å². The van der Waals surface area contributed by atoms with E-state index in [1.807, 2.05) is 61.5 Å². The smallest absolute Gasteiger partial charge is 0.262 e. The third-order valence-electron chi connectivity index (χ3n) is 4.65. The van der Waals surface area contributed by atoms with E-state index >= 15 is 0 Å². The second-order valence-corrected chi connectivity index (χ2v) is 8.10. The zero-order chi connectivity index (χ0) is 20.2. The number of aromatic nitrogens is 4. The van der Waals surface area contributed by atoms with Crippen LogP contribution in [0.5, 0.6) is 0 Å². The summed E-state index contributed by atoms with van der Waals surface area (Å²) in [6.45, 7) is 4.73. The Bertz CT molecular complexity index is 1170. The molecule has 2 aromatic carbocycles. The second kappa shape index (κ2) is 8.61. The maximum absolute atomic E-state index is 13.0. The average molecular weight is 407 g/mol. The number of fused-ring (bicyclic) bond motifs is 1. The van der Waals surface area contributed by atoms with Crippen molar-refractivity contribution in [2.24, 2.45) is 0 Å². The summed E-state index contributed by atoms with van der Waals surface area (Å²) in [5, 5.41) is 9.56. The Balaban J connectivity index is 1.66. The minimum Gasteiger partial charge on any atom is -0.419 e. The molecule has 29 heavy (non-hydrogen) atoms.